The molecule has 3 atom stereocenters. The topological polar surface area (TPSA) is 20.3 Å². The first kappa shape index (κ1) is 15.4. The Hall–Kier alpha value is -1.15. The lowest BCUT2D eigenvalue weighted by atomic mass is 9.56. The average Bonchev–Trinajstić information content (AvgIpc) is 3.34. The molecular weight excluding hydrogens is 282 g/mol. The van der Waals surface area contributed by atoms with Crippen molar-refractivity contribution in [1.29, 1.82) is 0 Å². The van der Waals surface area contributed by atoms with Gasteiger partial charge >= 0.3 is 0 Å². The van der Waals surface area contributed by atoms with Gasteiger partial charge in [-0.15, -0.1) is 0 Å². The maximum atomic E-state index is 11.9. The van der Waals surface area contributed by atoms with E-state index >= 15 is 0 Å². The van der Waals surface area contributed by atoms with Gasteiger partial charge in [-0.1, -0.05) is 26.0 Å². The summed E-state index contributed by atoms with van der Waals surface area (Å²) in [6.45, 7) is 9.06. The molecule has 0 spiro atoms. The maximum absolute atomic E-state index is 11.9. The minimum Gasteiger partial charge on any atom is -0.299 e. The van der Waals surface area contributed by atoms with Crippen molar-refractivity contribution >= 4 is 5.78 Å². The van der Waals surface area contributed by atoms with Gasteiger partial charge in [-0.05, 0) is 74.6 Å². The van der Waals surface area contributed by atoms with Crippen molar-refractivity contribution in [3.8, 4) is 0 Å². The minimum atomic E-state index is 0.194. The molecule has 2 aliphatic carbocycles. The summed E-state index contributed by atoms with van der Waals surface area (Å²) in [7, 11) is 0. The van der Waals surface area contributed by atoms with Gasteiger partial charge in [-0.25, -0.2) is 0 Å². The third-order valence-electron chi connectivity index (χ3n) is 7.07. The summed E-state index contributed by atoms with van der Waals surface area (Å²) in [6.07, 6.45) is 6.49. The van der Waals surface area contributed by atoms with Gasteiger partial charge in [0.1, 0.15) is 0 Å². The Labute approximate surface area is 140 Å². The molecule has 0 radical (unpaired) electrons. The molecule has 2 bridgehead atoms. The van der Waals surface area contributed by atoms with Crippen molar-refractivity contribution in [3.05, 3.63) is 34.9 Å². The van der Waals surface area contributed by atoms with E-state index in [1.807, 2.05) is 6.07 Å². The Bertz CT molecular complexity index is 633. The van der Waals surface area contributed by atoms with E-state index in [2.05, 4.69) is 30.9 Å². The predicted molar refractivity (Wildman–Crippen MR) is 94.0 cm³/mol. The third-order valence-corrected chi connectivity index (χ3v) is 7.07. The highest BCUT2D eigenvalue weighted by Crippen LogP contribution is 2.51. The van der Waals surface area contributed by atoms with Crippen molar-refractivity contribution in [3.63, 3.8) is 0 Å². The summed E-state index contributed by atoms with van der Waals surface area (Å²) in [5.41, 5.74) is 4.16. The molecule has 2 fully saturated rings. The number of carbonyl (C=O) groups excluding carboxylic acids is 1. The summed E-state index contributed by atoms with van der Waals surface area (Å²) in [4.78, 5) is 14.6. The highest BCUT2D eigenvalue weighted by Gasteiger charge is 2.50. The monoisotopic (exact) mass is 311 g/mol. The zero-order valence-electron chi connectivity index (χ0n) is 14.8. The van der Waals surface area contributed by atoms with Crippen molar-refractivity contribution in [2.75, 3.05) is 13.1 Å². The Morgan fingerprint density at radius 1 is 1.35 bits per heavy atom. The number of benzene rings is 1. The third kappa shape index (κ3) is 2.38. The second-order valence-corrected chi connectivity index (χ2v) is 8.19. The number of rotatable bonds is 4. The molecule has 1 heterocycles. The summed E-state index contributed by atoms with van der Waals surface area (Å²) in [6, 6.07) is 7.21. The van der Waals surface area contributed by atoms with E-state index in [4.69, 9.17) is 0 Å². The largest absolute Gasteiger partial charge is 0.299 e. The molecule has 1 aromatic rings. The fraction of sp³-hybridized carbons (Fsp3) is 0.667. The van der Waals surface area contributed by atoms with Gasteiger partial charge < -0.3 is 0 Å². The van der Waals surface area contributed by atoms with Crippen LogP contribution in [0.5, 0.6) is 0 Å². The lowest BCUT2D eigenvalue weighted by Crippen LogP contribution is -2.59. The van der Waals surface area contributed by atoms with E-state index in [1.54, 1.807) is 6.92 Å². The van der Waals surface area contributed by atoms with Gasteiger partial charge in [0, 0.05) is 23.6 Å². The molecule has 2 nitrogen and oxygen atoms in total. The smallest absolute Gasteiger partial charge is 0.159 e. The first-order chi connectivity index (χ1) is 11.0. The molecule has 23 heavy (non-hydrogen) atoms. The summed E-state index contributed by atoms with van der Waals surface area (Å²) >= 11 is 0. The number of carbonyl (C=O) groups is 1. The number of piperidine rings is 1. The van der Waals surface area contributed by atoms with Crippen LogP contribution in [0, 0.1) is 11.8 Å². The summed E-state index contributed by atoms with van der Waals surface area (Å²) in [5, 5.41) is 0. The normalized spacial score (nSPS) is 33.3. The van der Waals surface area contributed by atoms with Crippen molar-refractivity contribution in [2.45, 2.75) is 64.3 Å². The minimum absolute atomic E-state index is 0.194. The van der Waals surface area contributed by atoms with Crippen molar-refractivity contribution in [1.82, 2.24) is 4.90 Å². The zero-order chi connectivity index (χ0) is 16.2. The first-order valence-corrected chi connectivity index (χ1v) is 9.43. The van der Waals surface area contributed by atoms with Crippen LogP contribution in [0.2, 0.25) is 0 Å². The lowest BCUT2D eigenvalue weighted by Gasteiger charge is -2.56. The molecule has 1 saturated heterocycles. The molecule has 2 heteroatoms. The molecule has 4 rings (SSSR count). The number of fused-ring (bicyclic) bond motifs is 4. The van der Waals surface area contributed by atoms with Crippen LogP contribution in [0.3, 0.4) is 0 Å². The van der Waals surface area contributed by atoms with Gasteiger partial charge in [0.15, 0.2) is 5.78 Å². The maximum Gasteiger partial charge on any atom is 0.159 e. The molecule has 0 aromatic heterocycles. The summed E-state index contributed by atoms with van der Waals surface area (Å²) < 4.78 is 0. The van der Waals surface area contributed by atoms with E-state index in [0.29, 0.717) is 12.0 Å². The molecule has 124 valence electrons. The Morgan fingerprint density at radius 3 is 2.78 bits per heavy atom. The number of hydrogen-bond acceptors (Lipinski definition) is 2. The molecule has 1 saturated carbocycles. The number of hydrogen-bond donors (Lipinski definition) is 0. The van der Waals surface area contributed by atoms with Gasteiger partial charge in [0.05, 0.1) is 0 Å². The van der Waals surface area contributed by atoms with Crippen LogP contribution in [0.4, 0.5) is 0 Å². The number of nitrogens with zero attached hydrogens (tertiary/aromatic N) is 1. The van der Waals surface area contributed by atoms with Crippen LogP contribution in [-0.4, -0.2) is 29.8 Å². The van der Waals surface area contributed by atoms with E-state index in [0.717, 1.165) is 11.5 Å². The van der Waals surface area contributed by atoms with Crippen molar-refractivity contribution < 1.29 is 4.79 Å². The molecule has 1 aromatic carbocycles. The zero-order valence-corrected chi connectivity index (χ0v) is 14.8. The van der Waals surface area contributed by atoms with E-state index in [1.165, 1.54) is 56.3 Å². The molecule has 1 aliphatic heterocycles. The Kier molecular flexibility index (Phi) is 3.64. The van der Waals surface area contributed by atoms with Crippen LogP contribution in [0.1, 0.15) is 67.9 Å². The highest BCUT2D eigenvalue weighted by molar-refractivity contribution is 5.94. The quantitative estimate of drug-likeness (QED) is 0.776. The average molecular weight is 311 g/mol. The SMILES string of the molecule is CCC12CCN(CC3CC3)C(Cc3ccc(C(C)=O)cc31)C2C. The standard InChI is InChI=1S/C21H29NO/c1-4-21-9-10-22(13-16-5-6-16)20(14(21)2)12-18-8-7-17(15(3)23)11-19(18)21/h7-8,11,14,16,20H,4-6,9-10,12-13H2,1-3H3. The fourth-order valence-corrected chi connectivity index (χ4v) is 5.32. The van der Waals surface area contributed by atoms with Gasteiger partial charge in [-0.2, -0.15) is 0 Å². The van der Waals surface area contributed by atoms with Crippen molar-refractivity contribution in [2.24, 2.45) is 11.8 Å². The molecule has 0 N–H and O–H groups in total. The Balaban J connectivity index is 1.75. The first-order valence-electron chi connectivity index (χ1n) is 9.43. The molecule has 3 unspecified atom stereocenters. The second kappa shape index (κ2) is 5.44. The second-order valence-electron chi connectivity index (χ2n) is 8.19. The van der Waals surface area contributed by atoms with E-state index < -0.39 is 0 Å². The Morgan fingerprint density at radius 2 is 2.13 bits per heavy atom. The summed E-state index contributed by atoms with van der Waals surface area (Å²) in [5.74, 6) is 1.85. The van der Waals surface area contributed by atoms with Gasteiger partial charge in [-0.3, -0.25) is 9.69 Å². The van der Waals surface area contributed by atoms with Gasteiger partial charge in [0.2, 0.25) is 0 Å². The molecule has 3 aliphatic rings. The molecule has 0 amide bonds. The fourth-order valence-electron chi connectivity index (χ4n) is 5.32. The van der Waals surface area contributed by atoms with Crippen LogP contribution < -0.4 is 0 Å². The predicted octanol–water partition coefficient (Wildman–Crippen LogP) is 4.21. The van der Waals surface area contributed by atoms with Gasteiger partial charge in [0.25, 0.3) is 0 Å². The van der Waals surface area contributed by atoms with Crippen LogP contribution >= 0.6 is 0 Å². The van der Waals surface area contributed by atoms with E-state index in [9.17, 15) is 4.79 Å². The van der Waals surface area contributed by atoms with Crippen LogP contribution in [-0.2, 0) is 11.8 Å². The highest BCUT2D eigenvalue weighted by atomic mass is 16.1. The number of likely N-dealkylation sites (tertiary alicyclic amines) is 1. The molecular formula is C21H29NO. The van der Waals surface area contributed by atoms with E-state index in [-0.39, 0.29) is 11.2 Å². The van der Waals surface area contributed by atoms with Crippen LogP contribution in [0.25, 0.3) is 0 Å². The number of Topliss-reactive ketones (excluding diaryl/α,β-unsaturated/α-hetero) is 1. The number of ketones is 1. The van der Waals surface area contributed by atoms with Crippen LogP contribution in [0.15, 0.2) is 18.2 Å². The lowest BCUT2D eigenvalue weighted by molar-refractivity contribution is 0.0180.